The number of sulfonamides is 1. The predicted octanol–water partition coefficient (Wildman–Crippen LogP) is 0.359. The Morgan fingerprint density at radius 2 is 2.25 bits per heavy atom. The Hall–Kier alpha value is -0.920. The monoisotopic (exact) mass is 247 g/mol. The topological polar surface area (TPSA) is 84.1 Å². The number of aromatic amines is 1. The normalized spacial score (nSPS) is 14.2. The highest BCUT2D eigenvalue weighted by molar-refractivity contribution is 7.89. The van der Waals surface area contributed by atoms with Crippen molar-refractivity contribution in [3.8, 4) is 0 Å². The minimum absolute atomic E-state index is 0.0641. The van der Waals surface area contributed by atoms with Crippen molar-refractivity contribution < 1.29 is 13.2 Å². The van der Waals surface area contributed by atoms with Crippen LogP contribution in [-0.2, 0) is 14.8 Å². The number of nitrogens with one attached hydrogen (secondary N) is 2. The van der Waals surface area contributed by atoms with Crippen LogP contribution in [0.1, 0.15) is 13.8 Å². The molecule has 1 heterocycles. The van der Waals surface area contributed by atoms with Gasteiger partial charge in [-0.2, -0.15) is 5.10 Å². The van der Waals surface area contributed by atoms with E-state index in [-0.39, 0.29) is 17.0 Å². The Labute approximate surface area is 95.4 Å². The van der Waals surface area contributed by atoms with Crippen LogP contribution in [-0.4, -0.2) is 38.4 Å². The van der Waals surface area contributed by atoms with Crippen LogP contribution in [0.4, 0.5) is 0 Å². The molecule has 1 atom stereocenters. The van der Waals surface area contributed by atoms with Gasteiger partial charge in [-0.25, -0.2) is 13.1 Å². The van der Waals surface area contributed by atoms with E-state index in [1.165, 1.54) is 12.3 Å². The van der Waals surface area contributed by atoms with Crippen LogP contribution in [0.15, 0.2) is 17.3 Å². The smallest absolute Gasteiger partial charge is 0.257 e. The first-order valence-corrected chi connectivity index (χ1v) is 6.46. The minimum Gasteiger partial charge on any atom is -0.383 e. The predicted molar refractivity (Wildman–Crippen MR) is 59.4 cm³/mol. The maximum absolute atomic E-state index is 11.8. The Bertz CT molecular complexity index is 400. The summed E-state index contributed by atoms with van der Waals surface area (Å²) in [6, 6.07) is 1.16. The van der Waals surface area contributed by atoms with Gasteiger partial charge in [-0.1, -0.05) is 13.8 Å². The molecule has 0 radical (unpaired) electrons. The summed E-state index contributed by atoms with van der Waals surface area (Å²) in [7, 11) is -1.99. The quantitative estimate of drug-likeness (QED) is 0.760. The fourth-order valence-electron chi connectivity index (χ4n) is 1.20. The molecule has 0 aliphatic carbocycles. The number of methoxy groups -OCH3 is 1. The van der Waals surface area contributed by atoms with Crippen LogP contribution in [0.25, 0.3) is 0 Å². The number of ether oxygens (including phenoxy) is 1. The van der Waals surface area contributed by atoms with Gasteiger partial charge in [-0.15, -0.1) is 0 Å². The summed E-state index contributed by atoms with van der Waals surface area (Å²) in [5.41, 5.74) is 0. The van der Waals surface area contributed by atoms with Gasteiger partial charge in [-0.05, 0) is 12.0 Å². The molecule has 1 unspecified atom stereocenters. The Morgan fingerprint density at radius 3 is 2.69 bits per heavy atom. The minimum atomic E-state index is -3.53. The highest BCUT2D eigenvalue weighted by Crippen LogP contribution is 2.08. The summed E-state index contributed by atoms with van der Waals surface area (Å²) in [4.78, 5) is 0. The molecule has 92 valence electrons. The SMILES string of the molecule is COCC(NS(=O)(=O)c1ccn[nH]1)C(C)C. The maximum Gasteiger partial charge on any atom is 0.257 e. The van der Waals surface area contributed by atoms with Gasteiger partial charge in [-0.3, -0.25) is 5.10 Å². The summed E-state index contributed by atoms with van der Waals surface area (Å²) >= 11 is 0. The van der Waals surface area contributed by atoms with Gasteiger partial charge in [0.25, 0.3) is 10.0 Å². The van der Waals surface area contributed by atoms with Gasteiger partial charge >= 0.3 is 0 Å². The lowest BCUT2D eigenvalue weighted by Gasteiger charge is -2.20. The fraction of sp³-hybridized carbons (Fsp3) is 0.667. The van der Waals surface area contributed by atoms with Crippen molar-refractivity contribution in [2.75, 3.05) is 13.7 Å². The van der Waals surface area contributed by atoms with Crippen LogP contribution < -0.4 is 4.72 Å². The van der Waals surface area contributed by atoms with E-state index in [2.05, 4.69) is 14.9 Å². The van der Waals surface area contributed by atoms with Crippen LogP contribution in [0.3, 0.4) is 0 Å². The molecular formula is C9H17N3O3S. The van der Waals surface area contributed by atoms with Gasteiger partial charge in [0, 0.05) is 13.2 Å². The zero-order valence-electron chi connectivity index (χ0n) is 9.60. The highest BCUT2D eigenvalue weighted by Gasteiger charge is 2.23. The molecule has 0 spiro atoms. The molecule has 0 saturated heterocycles. The van der Waals surface area contributed by atoms with Crippen molar-refractivity contribution in [1.82, 2.24) is 14.9 Å². The molecule has 1 aromatic heterocycles. The lowest BCUT2D eigenvalue weighted by molar-refractivity contribution is 0.157. The van der Waals surface area contributed by atoms with Crippen molar-refractivity contribution in [3.63, 3.8) is 0 Å². The lowest BCUT2D eigenvalue weighted by atomic mass is 10.1. The van der Waals surface area contributed by atoms with Gasteiger partial charge in [0.1, 0.15) is 0 Å². The molecule has 0 aliphatic rings. The Balaban J connectivity index is 2.78. The van der Waals surface area contributed by atoms with Crippen molar-refractivity contribution in [2.24, 2.45) is 5.92 Å². The largest absolute Gasteiger partial charge is 0.383 e. The van der Waals surface area contributed by atoms with Gasteiger partial charge in [0.2, 0.25) is 0 Å². The number of rotatable bonds is 6. The van der Waals surface area contributed by atoms with Gasteiger partial charge < -0.3 is 4.74 Å². The zero-order chi connectivity index (χ0) is 12.2. The first-order valence-electron chi connectivity index (χ1n) is 4.98. The summed E-state index contributed by atoms with van der Waals surface area (Å²) in [6.07, 6.45) is 1.40. The molecule has 2 N–H and O–H groups in total. The van der Waals surface area contributed by atoms with Crippen LogP contribution in [0, 0.1) is 5.92 Å². The average molecular weight is 247 g/mol. The van der Waals surface area contributed by atoms with Gasteiger partial charge in [0.05, 0.1) is 12.8 Å². The van der Waals surface area contributed by atoms with E-state index >= 15 is 0 Å². The maximum atomic E-state index is 11.8. The highest BCUT2D eigenvalue weighted by atomic mass is 32.2. The van der Waals surface area contributed by atoms with E-state index in [9.17, 15) is 8.42 Å². The third-order valence-corrected chi connectivity index (χ3v) is 3.64. The summed E-state index contributed by atoms with van der Waals surface area (Å²) in [5.74, 6) is 0.151. The van der Waals surface area contributed by atoms with Crippen molar-refractivity contribution >= 4 is 10.0 Å². The summed E-state index contributed by atoms with van der Waals surface area (Å²) in [5, 5.41) is 6.10. The van der Waals surface area contributed by atoms with E-state index in [1.54, 1.807) is 7.11 Å². The van der Waals surface area contributed by atoms with E-state index in [1.807, 2.05) is 13.8 Å². The molecule has 0 saturated carbocycles. The van der Waals surface area contributed by atoms with Crippen LogP contribution in [0.2, 0.25) is 0 Å². The molecule has 7 heteroatoms. The molecule has 0 aromatic carbocycles. The number of aromatic nitrogens is 2. The third-order valence-electron chi connectivity index (χ3n) is 2.22. The molecule has 1 aromatic rings. The summed E-state index contributed by atoms with van der Waals surface area (Å²) < 4.78 is 31.2. The number of hydrogen-bond donors (Lipinski definition) is 2. The zero-order valence-corrected chi connectivity index (χ0v) is 10.4. The Kier molecular flexibility index (Phi) is 4.45. The molecule has 16 heavy (non-hydrogen) atoms. The van der Waals surface area contributed by atoms with Crippen molar-refractivity contribution in [2.45, 2.75) is 24.9 Å². The van der Waals surface area contributed by atoms with Crippen LogP contribution in [0.5, 0.6) is 0 Å². The average Bonchev–Trinajstić information content (AvgIpc) is 2.69. The second-order valence-electron chi connectivity index (χ2n) is 3.85. The molecule has 0 bridgehead atoms. The lowest BCUT2D eigenvalue weighted by Crippen LogP contribution is -2.41. The molecule has 1 rings (SSSR count). The van der Waals surface area contributed by atoms with E-state index in [4.69, 9.17) is 4.74 Å². The first-order chi connectivity index (χ1) is 7.47. The fourth-order valence-corrected chi connectivity index (χ4v) is 2.48. The molecule has 0 fully saturated rings. The standard InChI is InChI=1S/C9H17N3O3S/c1-7(2)8(6-15-3)12-16(13,14)9-4-5-10-11-9/h4-5,7-8,12H,6H2,1-3H3,(H,10,11). The molecule has 0 aliphatic heterocycles. The van der Waals surface area contributed by atoms with Crippen LogP contribution >= 0.6 is 0 Å². The first kappa shape index (κ1) is 13.1. The van der Waals surface area contributed by atoms with E-state index < -0.39 is 10.0 Å². The number of hydrogen-bond acceptors (Lipinski definition) is 4. The Morgan fingerprint density at radius 1 is 1.56 bits per heavy atom. The van der Waals surface area contributed by atoms with Crippen molar-refractivity contribution in [3.05, 3.63) is 12.3 Å². The second kappa shape index (κ2) is 5.42. The van der Waals surface area contributed by atoms with E-state index in [0.717, 1.165) is 0 Å². The summed E-state index contributed by atoms with van der Waals surface area (Å²) in [6.45, 7) is 4.20. The number of H-pyrrole nitrogens is 1. The number of nitrogens with zero attached hydrogens (tertiary/aromatic N) is 1. The molecular weight excluding hydrogens is 230 g/mol. The molecule has 0 amide bonds. The molecule has 6 nitrogen and oxygen atoms in total. The van der Waals surface area contributed by atoms with E-state index in [0.29, 0.717) is 6.61 Å². The third kappa shape index (κ3) is 3.29. The van der Waals surface area contributed by atoms with Crippen molar-refractivity contribution in [1.29, 1.82) is 0 Å². The second-order valence-corrected chi connectivity index (χ2v) is 5.53. The van der Waals surface area contributed by atoms with Gasteiger partial charge in [0.15, 0.2) is 5.03 Å².